The third kappa shape index (κ3) is 2.31. The van der Waals surface area contributed by atoms with Crippen molar-refractivity contribution in [3.8, 4) is 5.75 Å². The lowest BCUT2D eigenvalue weighted by Gasteiger charge is -2.05. The Bertz CT molecular complexity index is 250. The molecule has 3 heteroatoms. The minimum absolute atomic E-state index is 0.648. The van der Waals surface area contributed by atoms with Crippen molar-refractivity contribution in [2.45, 2.75) is 11.8 Å². The zero-order chi connectivity index (χ0) is 8.27. The topological polar surface area (TPSA) is 9.23 Å². The molecule has 0 aliphatic carbocycles. The van der Waals surface area contributed by atoms with E-state index < -0.39 is 0 Å². The largest absolute Gasteiger partial charge is 0.493 e. The molecule has 0 aromatic heterocycles. The molecule has 1 rings (SSSR count). The van der Waals surface area contributed by atoms with E-state index in [1.165, 1.54) is 0 Å². The Morgan fingerprint density at radius 3 is 2.82 bits per heavy atom. The summed E-state index contributed by atoms with van der Waals surface area (Å²) >= 11 is 9.90. The zero-order valence-corrected chi connectivity index (χ0v) is 7.82. The van der Waals surface area contributed by atoms with Gasteiger partial charge in [0.25, 0.3) is 0 Å². The Labute approximate surface area is 76.7 Å². The van der Waals surface area contributed by atoms with Crippen molar-refractivity contribution in [2.75, 3.05) is 6.61 Å². The van der Waals surface area contributed by atoms with E-state index in [2.05, 4.69) is 12.6 Å². The molecular formula is C8H9ClOS. The third-order valence-electron chi connectivity index (χ3n) is 1.22. The third-order valence-corrected chi connectivity index (χ3v) is 1.81. The normalized spacial score (nSPS) is 9.73. The first-order valence-electron chi connectivity index (χ1n) is 3.35. The van der Waals surface area contributed by atoms with Crippen molar-refractivity contribution in [1.29, 1.82) is 0 Å². The van der Waals surface area contributed by atoms with Crippen molar-refractivity contribution in [2.24, 2.45) is 0 Å². The van der Waals surface area contributed by atoms with Gasteiger partial charge < -0.3 is 4.74 Å². The summed E-state index contributed by atoms with van der Waals surface area (Å²) in [5, 5.41) is 0.679. The van der Waals surface area contributed by atoms with E-state index in [0.29, 0.717) is 11.6 Å². The highest BCUT2D eigenvalue weighted by molar-refractivity contribution is 7.80. The molecule has 0 aliphatic heterocycles. The standard InChI is InChI=1S/C8H9ClOS/c1-2-10-7-4-3-6(9)5-8(7)11/h3-5,11H,2H2,1H3. The average molecular weight is 189 g/mol. The van der Waals surface area contributed by atoms with Crippen LogP contribution in [-0.2, 0) is 0 Å². The van der Waals surface area contributed by atoms with E-state index in [9.17, 15) is 0 Å². The second kappa shape index (κ2) is 3.88. The lowest BCUT2D eigenvalue weighted by atomic mass is 10.3. The molecule has 1 aromatic rings. The SMILES string of the molecule is CCOc1ccc(Cl)cc1S. The number of hydrogen-bond acceptors (Lipinski definition) is 2. The first-order chi connectivity index (χ1) is 5.24. The van der Waals surface area contributed by atoms with E-state index in [4.69, 9.17) is 16.3 Å². The van der Waals surface area contributed by atoms with Gasteiger partial charge in [0.2, 0.25) is 0 Å². The van der Waals surface area contributed by atoms with Crippen LogP contribution in [0.1, 0.15) is 6.92 Å². The van der Waals surface area contributed by atoms with Gasteiger partial charge in [-0.2, -0.15) is 0 Å². The molecule has 0 radical (unpaired) electrons. The Morgan fingerprint density at radius 2 is 2.27 bits per heavy atom. The molecule has 0 saturated heterocycles. The average Bonchev–Trinajstić information content (AvgIpc) is 1.95. The molecule has 0 saturated carbocycles. The number of rotatable bonds is 2. The molecule has 1 aromatic carbocycles. The van der Waals surface area contributed by atoms with E-state index >= 15 is 0 Å². The first-order valence-corrected chi connectivity index (χ1v) is 4.18. The molecule has 0 amide bonds. The fraction of sp³-hybridized carbons (Fsp3) is 0.250. The predicted molar refractivity (Wildman–Crippen MR) is 49.9 cm³/mol. The molecule has 1 nitrogen and oxygen atoms in total. The molecule has 60 valence electrons. The quantitative estimate of drug-likeness (QED) is 0.702. The van der Waals surface area contributed by atoms with Gasteiger partial charge >= 0.3 is 0 Å². The van der Waals surface area contributed by atoms with Gasteiger partial charge in [-0.15, -0.1) is 12.6 Å². The highest BCUT2D eigenvalue weighted by atomic mass is 35.5. The summed E-state index contributed by atoms with van der Waals surface area (Å²) in [7, 11) is 0. The summed E-state index contributed by atoms with van der Waals surface area (Å²) in [4.78, 5) is 0.777. The first kappa shape index (κ1) is 8.75. The zero-order valence-electron chi connectivity index (χ0n) is 6.17. The molecule has 0 atom stereocenters. The minimum atomic E-state index is 0.648. The van der Waals surface area contributed by atoms with Gasteiger partial charge in [-0.25, -0.2) is 0 Å². The van der Waals surface area contributed by atoms with Gasteiger partial charge in [0.05, 0.1) is 6.61 Å². The monoisotopic (exact) mass is 188 g/mol. The Kier molecular flexibility index (Phi) is 3.09. The minimum Gasteiger partial charge on any atom is -0.493 e. The van der Waals surface area contributed by atoms with Crippen LogP contribution in [0.25, 0.3) is 0 Å². The van der Waals surface area contributed by atoms with Crippen LogP contribution in [0.15, 0.2) is 23.1 Å². The molecule has 0 N–H and O–H groups in total. The van der Waals surface area contributed by atoms with Gasteiger partial charge in [-0.1, -0.05) is 11.6 Å². The summed E-state index contributed by atoms with van der Waals surface area (Å²) in [6.45, 7) is 2.58. The van der Waals surface area contributed by atoms with Gasteiger partial charge in [0.15, 0.2) is 0 Å². The number of benzene rings is 1. The van der Waals surface area contributed by atoms with Crippen molar-refractivity contribution < 1.29 is 4.74 Å². The number of hydrogen-bond donors (Lipinski definition) is 1. The lowest BCUT2D eigenvalue weighted by Crippen LogP contribution is -1.91. The summed E-state index contributed by atoms with van der Waals surface area (Å²) in [6, 6.07) is 5.36. The van der Waals surface area contributed by atoms with Crippen molar-refractivity contribution in [1.82, 2.24) is 0 Å². The maximum atomic E-state index is 5.71. The maximum absolute atomic E-state index is 5.71. The Balaban J connectivity index is 2.90. The van der Waals surface area contributed by atoms with Crippen LogP contribution in [0.3, 0.4) is 0 Å². The fourth-order valence-corrected chi connectivity index (χ4v) is 1.29. The fourth-order valence-electron chi connectivity index (χ4n) is 0.768. The van der Waals surface area contributed by atoms with Gasteiger partial charge in [-0.05, 0) is 25.1 Å². The predicted octanol–water partition coefficient (Wildman–Crippen LogP) is 3.03. The summed E-state index contributed by atoms with van der Waals surface area (Å²) in [5.74, 6) is 0.778. The van der Waals surface area contributed by atoms with E-state index in [-0.39, 0.29) is 0 Å². The van der Waals surface area contributed by atoms with Crippen LogP contribution in [0, 0.1) is 0 Å². The van der Waals surface area contributed by atoms with Crippen LogP contribution in [0.5, 0.6) is 5.75 Å². The van der Waals surface area contributed by atoms with Crippen LogP contribution in [-0.4, -0.2) is 6.61 Å². The lowest BCUT2D eigenvalue weighted by molar-refractivity contribution is 0.332. The summed E-state index contributed by atoms with van der Waals surface area (Å²) < 4.78 is 5.26. The molecule has 0 heterocycles. The van der Waals surface area contributed by atoms with Crippen molar-refractivity contribution in [3.05, 3.63) is 23.2 Å². The van der Waals surface area contributed by atoms with Gasteiger partial charge in [0.1, 0.15) is 5.75 Å². The number of ether oxygens (including phenoxy) is 1. The van der Waals surface area contributed by atoms with E-state index in [0.717, 1.165) is 10.6 Å². The van der Waals surface area contributed by atoms with Crippen LogP contribution < -0.4 is 4.74 Å². The summed E-state index contributed by atoms with van der Waals surface area (Å²) in [5.41, 5.74) is 0. The van der Waals surface area contributed by atoms with Crippen molar-refractivity contribution >= 4 is 24.2 Å². The molecule has 11 heavy (non-hydrogen) atoms. The molecule has 0 fully saturated rings. The van der Waals surface area contributed by atoms with Crippen LogP contribution >= 0.6 is 24.2 Å². The second-order valence-corrected chi connectivity index (χ2v) is 2.96. The smallest absolute Gasteiger partial charge is 0.132 e. The highest BCUT2D eigenvalue weighted by Gasteiger charge is 1.98. The Hall–Kier alpha value is -0.340. The molecule has 0 spiro atoms. The Morgan fingerprint density at radius 1 is 1.55 bits per heavy atom. The van der Waals surface area contributed by atoms with Crippen LogP contribution in [0.2, 0.25) is 5.02 Å². The molecule has 0 bridgehead atoms. The highest BCUT2D eigenvalue weighted by Crippen LogP contribution is 2.25. The number of thiol groups is 1. The molecule has 0 aliphatic rings. The van der Waals surface area contributed by atoms with Crippen molar-refractivity contribution in [3.63, 3.8) is 0 Å². The second-order valence-electron chi connectivity index (χ2n) is 2.05. The van der Waals surface area contributed by atoms with Crippen LogP contribution in [0.4, 0.5) is 0 Å². The van der Waals surface area contributed by atoms with E-state index in [1.54, 1.807) is 12.1 Å². The van der Waals surface area contributed by atoms with Gasteiger partial charge in [-0.3, -0.25) is 0 Å². The van der Waals surface area contributed by atoms with E-state index in [1.807, 2.05) is 13.0 Å². The summed E-state index contributed by atoms with van der Waals surface area (Å²) in [6.07, 6.45) is 0. The maximum Gasteiger partial charge on any atom is 0.132 e. The van der Waals surface area contributed by atoms with Gasteiger partial charge in [0, 0.05) is 9.92 Å². The number of halogens is 1. The molecule has 0 unspecified atom stereocenters. The molecular weight excluding hydrogens is 180 g/mol.